The van der Waals surface area contributed by atoms with Crippen LogP contribution in [0.2, 0.25) is 0 Å². The van der Waals surface area contributed by atoms with Crippen LogP contribution in [0.5, 0.6) is 0 Å². The molecule has 0 heterocycles. The summed E-state index contributed by atoms with van der Waals surface area (Å²) in [5, 5.41) is 0. The molecule has 0 fully saturated rings. The molecule has 0 rings (SSSR count). The second-order valence-corrected chi connectivity index (χ2v) is 4.92. The van der Waals surface area contributed by atoms with Gasteiger partial charge in [-0.3, -0.25) is 9.59 Å². The maximum absolute atomic E-state index is 11.9. The second-order valence-electron chi connectivity index (χ2n) is 4.92. The van der Waals surface area contributed by atoms with E-state index >= 15 is 0 Å². The van der Waals surface area contributed by atoms with Crippen LogP contribution in [0.25, 0.3) is 0 Å². The van der Waals surface area contributed by atoms with Gasteiger partial charge >= 0.3 is 0 Å². The topological polar surface area (TPSA) is 34.1 Å². The van der Waals surface area contributed by atoms with Gasteiger partial charge in [0, 0.05) is 5.41 Å². The first kappa shape index (κ1) is 13.3. The molecule has 0 saturated carbocycles. The van der Waals surface area contributed by atoms with Crippen LogP contribution in [-0.2, 0) is 9.59 Å². The summed E-state index contributed by atoms with van der Waals surface area (Å²) in [5.41, 5.74) is -0.399. The third-order valence-corrected chi connectivity index (χ3v) is 2.39. The Bertz CT molecular complexity index is 211. The van der Waals surface area contributed by atoms with Gasteiger partial charge in [-0.05, 0) is 13.3 Å². The minimum atomic E-state index is -0.399. The van der Waals surface area contributed by atoms with Gasteiger partial charge in [0.15, 0.2) is 0 Å². The Morgan fingerprint density at radius 1 is 1.21 bits per heavy atom. The molecule has 1 atom stereocenters. The summed E-state index contributed by atoms with van der Waals surface area (Å²) in [6.07, 6.45) is 2.69. The van der Waals surface area contributed by atoms with Crippen LogP contribution in [0.1, 0.15) is 53.9 Å². The zero-order valence-corrected chi connectivity index (χ0v) is 10.0. The summed E-state index contributed by atoms with van der Waals surface area (Å²) in [6.45, 7) is 9.20. The Morgan fingerprint density at radius 2 is 1.71 bits per heavy atom. The van der Waals surface area contributed by atoms with Gasteiger partial charge in [-0.1, -0.05) is 40.5 Å². The van der Waals surface area contributed by atoms with E-state index in [4.69, 9.17) is 0 Å². The maximum Gasteiger partial charge on any atom is 0.148 e. The second kappa shape index (κ2) is 5.28. The Balaban J connectivity index is 4.50. The molecule has 0 aliphatic heterocycles. The van der Waals surface area contributed by atoms with Crippen molar-refractivity contribution in [2.45, 2.75) is 53.9 Å². The molecule has 2 heteroatoms. The number of unbranched alkanes of at least 4 members (excludes halogenated alkanes) is 1. The SMILES string of the molecule is CCCCC(C(C)=O)C(=O)C(C)(C)C. The molecule has 0 N–H and O–H groups in total. The van der Waals surface area contributed by atoms with E-state index in [-0.39, 0.29) is 17.5 Å². The zero-order valence-electron chi connectivity index (χ0n) is 10.0. The molecule has 82 valence electrons. The normalized spacial score (nSPS) is 13.8. The lowest BCUT2D eigenvalue weighted by molar-refractivity contribution is -0.137. The zero-order chi connectivity index (χ0) is 11.4. The van der Waals surface area contributed by atoms with Crippen molar-refractivity contribution in [3.05, 3.63) is 0 Å². The summed E-state index contributed by atoms with van der Waals surface area (Å²) < 4.78 is 0. The number of carbonyl (C=O) groups excluding carboxylic acids is 2. The van der Waals surface area contributed by atoms with Crippen LogP contribution in [-0.4, -0.2) is 11.6 Å². The van der Waals surface area contributed by atoms with E-state index in [2.05, 4.69) is 6.92 Å². The van der Waals surface area contributed by atoms with Crippen LogP contribution in [0.15, 0.2) is 0 Å². The number of ketones is 2. The first-order chi connectivity index (χ1) is 6.30. The molecule has 0 aromatic heterocycles. The predicted molar refractivity (Wildman–Crippen MR) is 58.2 cm³/mol. The molecule has 0 spiro atoms. The molecule has 14 heavy (non-hydrogen) atoms. The van der Waals surface area contributed by atoms with Gasteiger partial charge < -0.3 is 0 Å². The highest BCUT2D eigenvalue weighted by molar-refractivity contribution is 6.03. The Labute approximate surface area is 87.1 Å². The summed E-state index contributed by atoms with van der Waals surface area (Å²) in [4.78, 5) is 23.2. The summed E-state index contributed by atoms with van der Waals surface area (Å²) in [7, 11) is 0. The van der Waals surface area contributed by atoms with Gasteiger partial charge in [0.2, 0.25) is 0 Å². The van der Waals surface area contributed by atoms with Crippen LogP contribution in [0.4, 0.5) is 0 Å². The number of Topliss-reactive ketones (excluding diaryl/α,β-unsaturated/α-hetero) is 2. The number of hydrogen-bond donors (Lipinski definition) is 0. The smallest absolute Gasteiger partial charge is 0.148 e. The summed E-state index contributed by atoms with van der Waals surface area (Å²) in [5.74, 6) is -0.285. The van der Waals surface area contributed by atoms with Gasteiger partial charge in [-0.2, -0.15) is 0 Å². The Kier molecular flexibility index (Phi) is 5.03. The largest absolute Gasteiger partial charge is 0.299 e. The van der Waals surface area contributed by atoms with Crippen molar-refractivity contribution in [1.82, 2.24) is 0 Å². The number of carbonyl (C=O) groups is 2. The van der Waals surface area contributed by atoms with Crippen molar-refractivity contribution in [3.8, 4) is 0 Å². The highest BCUT2D eigenvalue weighted by atomic mass is 16.2. The van der Waals surface area contributed by atoms with Crippen molar-refractivity contribution in [3.63, 3.8) is 0 Å². The van der Waals surface area contributed by atoms with Crippen molar-refractivity contribution < 1.29 is 9.59 Å². The highest BCUT2D eigenvalue weighted by Crippen LogP contribution is 2.24. The fourth-order valence-electron chi connectivity index (χ4n) is 1.45. The van der Waals surface area contributed by atoms with Crippen LogP contribution < -0.4 is 0 Å². The minimum absolute atomic E-state index is 0.0124. The molecule has 0 aromatic carbocycles. The van der Waals surface area contributed by atoms with E-state index in [0.29, 0.717) is 6.42 Å². The first-order valence-electron chi connectivity index (χ1n) is 5.35. The van der Waals surface area contributed by atoms with Crippen molar-refractivity contribution >= 4 is 11.6 Å². The first-order valence-corrected chi connectivity index (χ1v) is 5.35. The molecule has 0 saturated heterocycles. The van der Waals surface area contributed by atoms with Gasteiger partial charge in [-0.25, -0.2) is 0 Å². The molecular weight excluding hydrogens is 176 g/mol. The van der Waals surface area contributed by atoms with Crippen LogP contribution in [0, 0.1) is 11.3 Å². The quantitative estimate of drug-likeness (QED) is 0.636. The predicted octanol–water partition coefficient (Wildman–Crippen LogP) is 3.00. The molecule has 0 amide bonds. The Hall–Kier alpha value is -0.660. The Morgan fingerprint density at radius 3 is 2.00 bits per heavy atom. The van der Waals surface area contributed by atoms with Gasteiger partial charge in [0.1, 0.15) is 11.6 Å². The van der Waals surface area contributed by atoms with Crippen molar-refractivity contribution in [2.75, 3.05) is 0 Å². The summed E-state index contributed by atoms with van der Waals surface area (Å²) in [6, 6.07) is 0. The van der Waals surface area contributed by atoms with E-state index in [9.17, 15) is 9.59 Å². The molecular formula is C12H22O2. The van der Waals surface area contributed by atoms with E-state index < -0.39 is 5.41 Å². The lowest BCUT2D eigenvalue weighted by Crippen LogP contribution is -2.32. The molecule has 0 aliphatic carbocycles. The third kappa shape index (κ3) is 4.03. The van der Waals surface area contributed by atoms with E-state index in [1.165, 1.54) is 6.92 Å². The van der Waals surface area contributed by atoms with Gasteiger partial charge in [0.05, 0.1) is 5.92 Å². The van der Waals surface area contributed by atoms with Gasteiger partial charge in [0.25, 0.3) is 0 Å². The van der Waals surface area contributed by atoms with Gasteiger partial charge in [-0.15, -0.1) is 0 Å². The lowest BCUT2D eigenvalue weighted by atomic mass is 9.79. The maximum atomic E-state index is 11.9. The lowest BCUT2D eigenvalue weighted by Gasteiger charge is -2.22. The molecule has 2 nitrogen and oxygen atoms in total. The minimum Gasteiger partial charge on any atom is -0.299 e. The molecule has 0 radical (unpaired) electrons. The molecule has 0 aromatic rings. The average molecular weight is 198 g/mol. The number of rotatable bonds is 5. The third-order valence-electron chi connectivity index (χ3n) is 2.39. The van der Waals surface area contributed by atoms with Crippen molar-refractivity contribution in [1.29, 1.82) is 0 Å². The fraction of sp³-hybridized carbons (Fsp3) is 0.833. The van der Waals surface area contributed by atoms with E-state index in [1.807, 2.05) is 20.8 Å². The monoisotopic (exact) mass is 198 g/mol. The highest BCUT2D eigenvalue weighted by Gasteiger charge is 2.31. The standard InChI is InChI=1S/C12H22O2/c1-6-7-8-10(9(2)13)11(14)12(3,4)5/h10H,6-8H2,1-5H3. The summed E-state index contributed by atoms with van der Waals surface area (Å²) >= 11 is 0. The average Bonchev–Trinajstić information content (AvgIpc) is 2.02. The molecule has 0 aliphatic rings. The van der Waals surface area contributed by atoms with Crippen LogP contribution in [0.3, 0.4) is 0 Å². The molecule has 1 unspecified atom stereocenters. The van der Waals surface area contributed by atoms with E-state index in [1.54, 1.807) is 0 Å². The fourth-order valence-corrected chi connectivity index (χ4v) is 1.45. The van der Waals surface area contributed by atoms with E-state index in [0.717, 1.165) is 12.8 Å². The van der Waals surface area contributed by atoms with Crippen molar-refractivity contribution in [2.24, 2.45) is 11.3 Å². The molecule has 0 bridgehead atoms. The number of hydrogen-bond acceptors (Lipinski definition) is 2. The van der Waals surface area contributed by atoms with Crippen LogP contribution >= 0.6 is 0 Å².